The number of benzene rings is 2. The number of carbonyl (C=O) groups is 2. The SMILES string of the molecule is COc1ccc([C@@H]2C/C=C/C[C@H](C)Oc3ccccc3C(=O)N(C)[C@@H](C)C(=O)N2)c(OC)c1. The molecule has 0 unspecified atom stereocenters. The van der Waals surface area contributed by atoms with Gasteiger partial charge in [0.15, 0.2) is 0 Å². The Labute approximate surface area is 195 Å². The number of fused-ring (bicyclic) bond motifs is 1. The summed E-state index contributed by atoms with van der Waals surface area (Å²) in [6.07, 6.45) is 5.17. The average molecular weight is 453 g/mol. The van der Waals surface area contributed by atoms with E-state index >= 15 is 0 Å². The number of hydrogen-bond donors (Lipinski definition) is 1. The van der Waals surface area contributed by atoms with Crippen LogP contribution in [0.3, 0.4) is 0 Å². The van der Waals surface area contributed by atoms with Crippen molar-refractivity contribution in [1.29, 1.82) is 0 Å². The second-order valence-electron chi connectivity index (χ2n) is 8.13. The smallest absolute Gasteiger partial charge is 0.258 e. The van der Waals surface area contributed by atoms with Gasteiger partial charge in [0.25, 0.3) is 5.91 Å². The van der Waals surface area contributed by atoms with Crippen LogP contribution in [0.2, 0.25) is 0 Å². The molecule has 3 atom stereocenters. The molecule has 1 aliphatic rings. The van der Waals surface area contributed by atoms with Crippen LogP contribution in [0.5, 0.6) is 17.2 Å². The lowest BCUT2D eigenvalue weighted by Gasteiger charge is -2.28. The van der Waals surface area contributed by atoms with E-state index in [0.29, 0.717) is 35.7 Å². The molecule has 176 valence electrons. The predicted octanol–water partition coefficient (Wildman–Crippen LogP) is 4.14. The predicted molar refractivity (Wildman–Crippen MR) is 127 cm³/mol. The number of ether oxygens (including phenoxy) is 3. The minimum absolute atomic E-state index is 0.121. The summed E-state index contributed by atoms with van der Waals surface area (Å²) in [5, 5.41) is 3.10. The minimum Gasteiger partial charge on any atom is -0.497 e. The largest absolute Gasteiger partial charge is 0.497 e. The molecule has 1 heterocycles. The number of likely N-dealkylation sites (N-methyl/N-ethyl adjacent to an activating group) is 1. The zero-order chi connectivity index (χ0) is 24.0. The highest BCUT2D eigenvalue weighted by Crippen LogP contribution is 2.32. The van der Waals surface area contributed by atoms with Gasteiger partial charge in [-0.25, -0.2) is 0 Å². The normalized spacial score (nSPS) is 22.9. The molecule has 0 saturated heterocycles. The number of carbonyl (C=O) groups excluding carboxylic acids is 2. The molecule has 3 rings (SSSR count). The van der Waals surface area contributed by atoms with E-state index in [4.69, 9.17) is 14.2 Å². The molecule has 7 heteroatoms. The van der Waals surface area contributed by atoms with Gasteiger partial charge in [0.2, 0.25) is 5.91 Å². The number of nitrogens with zero attached hydrogens (tertiary/aromatic N) is 1. The molecule has 0 bridgehead atoms. The molecule has 0 saturated carbocycles. The van der Waals surface area contributed by atoms with Crippen molar-refractivity contribution in [2.75, 3.05) is 21.3 Å². The first kappa shape index (κ1) is 24.2. The van der Waals surface area contributed by atoms with E-state index < -0.39 is 6.04 Å². The molecule has 0 radical (unpaired) electrons. The highest BCUT2D eigenvalue weighted by Gasteiger charge is 2.28. The van der Waals surface area contributed by atoms with Crippen LogP contribution >= 0.6 is 0 Å². The number of nitrogens with one attached hydrogen (secondary N) is 1. The summed E-state index contributed by atoms with van der Waals surface area (Å²) in [5.41, 5.74) is 1.26. The van der Waals surface area contributed by atoms with E-state index in [-0.39, 0.29) is 24.0 Å². The lowest BCUT2D eigenvalue weighted by atomic mass is 10.0. The maximum Gasteiger partial charge on any atom is 0.258 e. The van der Waals surface area contributed by atoms with Crippen molar-refractivity contribution < 1.29 is 23.8 Å². The standard InChI is InChI=1S/C26H32N2O5/c1-17-10-6-8-12-22(20-15-14-19(31-4)16-24(20)32-5)27-25(29)18(2)28(3)26(30)21-11-7-9-13-23(21)33-17/h6-9,11,13-18,22H,10,12H2,1-5H3,(H,27,29)/b8-6+/t17-,18-,22-/m0/s1. The van der Waals surface area contributed by atoms with Crippen LogP contribution in [0, 0.1) is 0 Å². The second kappa shape index (κ2) is 10.9. The lowest BCUT2D eigenvalue weighted by Crippen LogP contribution is -2.47. The summed E-state index contributed by atoms with van der Waals surface area (Å²) in [6.45, 7) is 3.68. The summed E-state index contributed by atoms with van der Waals surface area (Å²) >= 11 is 0. The van der Waals surface area contributed by atoms with Gasteiger partial charge in [-0.1, -0.05) is 24.3 Å². The second-order valence-corrected chi connectivity index (χ2v) is 8.13. The van der Waals surface area contributed by atoms with Crippen molar-refractivity contribution in [1.82, 2.24) is 10.2 Å². The highest BCUT2D eigenvalue weighted by atomic mass is 16.5. The fourth-order valence-electron chi connectivity index (χ4n) is 3.74. The molecule has 0 fully saturated rings. The van der Waals surface area contributed by atoms with Crippen LogP contribution in [0.25, 0.3) is 0 Å². The van der Waals surface area contributed by atoms with Crippen molar-refractivity contribution in [3.63, 3.8) is 0 Å². The van der Waals surface area contributed by atoms with Crippen molar-refractivity contribution in [2.24, 2.45) is 0 Å². The maximum atomic E-state index is 13.2. The van der Waals surface area contributed by atoms with Gasteiger partial charge < -0.3 is 24.4 Å². The van der Waals surface area contributed by atoms with Gasteiger partial charge in [0.1, 0.15) is 23.3 Å². The first-order chi connectivity index (χ1) is 15.8. The zero-order valence-electron chi connectivity index (χ0n) is 19.8. The zero-order valence-corrected chi connectivity index (χ0v) is 19.8. The number of methoxy groups -OCH3 is 2. The Kier molecular flexibility index (Phi) is 7.98. The molecule has 0 spiro atoms. The third kappa shape index (κ3) is 5.66. The summed E-state index contributed by atoms with van der Waals surface area (Å²) < 4.78 is 16.9. The topological polar surface area (TPSA) is 77.1 Å². The van der Waals surface area contributed by atoms with Gasteiger partial charge in [-0.2, -0.15) is 0 Å². The molecule has 2 amide bonds. The van der Waals surface area contributed by atoms with Crippen LogP contribution in [0.1, 0.15) is 48.7 Å². The number of amides is 2. The molecular formula is C26H32N2O5. The first-order valence-electron chi connectivity index (χ1n) is 11.1. The van der Waals surface area contributed by atoms with E-state index in [1.54, 1.807) is 52.5 Å². The molecule has 2 aromatic carbocycles. The van der Waals surface area contributed by atoms with E-state index in [9.17, 15) is 9.59 Å². The fourth-order valence-corrected chi connectivity index (χ4v) is 3.74. The summed E-state index contributed by atoms with van der Waals surface area (Å²) in [5.74, 6) is 1.27. The number of hydrogen-bond acceptors (Lipinski definition) is 5. The van der Waals surface area contributed by atoms with Gasteiger partial charge >= 0.3 is 0 Å². The van der Waals surface area contributed by atoms with Gasteiger partial charge in [0, 0.05) is 25.1 Å². The van der Waals surface area contributed by atoms with Crippen molar-refractivity contribution >= 4 is 11.8 Å². The maximum absolute atomic E-state index is 13.2. The summed E-state index contributed by atoms with van der Waals surface area (Å²) in [7, 11) is 4.81. The van der Waals surface area contributed by atoms with E-state index in [2.05, 4.69) is 5.32 Å². The Balaban J connectivity index is 1.96. The Bertz CT molecular complexity index is 1020. The third-order valence-electron chi connectivity index (χ3n) is 5.87. The minimum atomic E-state index is -0.693. The number of rotatable bonds is 3. The molecule has 33 heavy (non-hydrogen) atoms. The first-order valence-corrected chi connectivity index (χ1v) is 11.1. The molecule has 1 N–H and O–H groups in total. The van der Waals surface area contributed by atoms with E-state index in [1.807, 2.05) is 37.3 Å². The lowest BCUT2D eigenvalue weighted by molar-refractivity contribution is -0.125. The van der Waals surface area contributed by atoms with Crippen LogP contribution in [0.4, 0.5) is 0 Å². The van der Waals surface area contributed by atoms with Gasteiger partial charge in [-0.3, -0.25) is 9.59 Å². The Morgan fingerprint density at radius 1 is 1.00 bits per heavy atom. The molecule has 1 aliphatic heterocycles. The molecule has 7 nitrogen and oxygen atoms in total. The van der Waals surface area contributed by atoms with Crippen molar-refractivity contribution in [2.45, 2.75) is 44.9 Å². The van der Waals surface area contributed by atoms with Crippen LogP contribution in [-0.4, -0.2) is 50.1 Å². The van der Waals surface area contributed by atoms with E-state index in [1.165, 1.54) is 4.90 Å². The summed E-state index contributed by atoms with van der Waals surface area (Å²) in [6, 6.07) is 11.6. The average Bonchev–Trinajstić information content (AvgIpc) is 2.83. The van der Waals surface area contributed by atoms with Crippen LogP contribution < -0.4 is 19.5 Å². The van der Waals surface area contributed by atoms with Gasteiger partial charge in [-0.05, 0) is 44.5 Å². The Morgan fingerprint density at radius 3 is 2.45 bits per heavy atom. The van der Waals surface area contributed by atoms with Gasteiger partial charge in [-0.15, -0.1) is 0 Å². The molecule has 0 aliphatic carbocycles. The quantitative estimate of drug-likeness (QED) is 0.709. The molecule has 2 aromatic rings. The fraction of sp³-hybridized carbons (Fsp3) is 0.385. The number of para-hydroxylation sites is 1. The monoisotopic (exact) mass is 452 g/mol. The summed E-state index contributed by atoms with van der Waals surface area (Å²) in [4.78, 5) is 27.8. The Hall–Kier alpha value is -3.48. The van der Waals surface area contributed by atoms with Crippen molar-refractivity contribution in [3.05, 3.63) is 65.7 Å². The molecule has 0 aromatic heterocycles. The van der Waals surface area contributed by atoms with Gasteiger partial charge in [0.05, 0.1) is 31.9 Å². The third-order valence-corrected chi connectivity index (χ3v) is 5.87. The van der Waals surface area contributed by atoms with Crippen LogP contribution in [-0.2, 0) is 4.79 Å². The Morgan fingerprint density at radius 2 is 1.73 bits per heavy atom. The van der Waals surface area contributed by atoms with Crippen LogP contribution in [0.15, 0.2) is 54.6 Å². The highest BCUT2D eigenvalue weighted by molar-refractivity contribution is 5.99. The van der Waals surface area contributed by atoms with Crippen molar-refractivity contribution in [3.8, 4) is 17.2 Å². The molecular weight excluding hydrogens is 420 g/mol. The van der Waals surface area contributed by atoms with E-state index in [0.717, 1.165) is 5.56 Å².